The van der Waals surface area contributed by atoms with Crippen LogP contribution in [0.2, 0.25) is 0 Å². The Kier molecular flexibility index (Phi) is 4.04. The lowest BCUT2D eigenvalue weighted by Gasteiger charge is -2.01. The molecule has 1 aliphatic rings. The van der Waals surface area contributed by atoms with Gasteiger partial charge in [-0.3, -0.25) is 4.68 Å². The van der Waals surface area contributed by atoms with Gasteiger partial charge in [0.1, 0.15) is 0 Å². The molecule has 0 aliphatic heterocycles. The molecule has 0 bridgehead atoms. The summed E-state index contributed by atoms with van der Waals surface area (Å²) >= 11 is 0. The normalized spacial score (nSPS) is 14.3. The van der Waals surface area contributed by atoms with Crippen molar-refractivity contribution in [2.75, 3.05) is 0 Å². The van der Waals surface area contributed by atoms with Crippen molar-refractivity contribution in [2.45, 2.75) is 25.9 Å². The molecule has 1 aromatic carbocycles. The van der Waals surface area contributed by atoms with Crippen LogP contribution in [0.15, 0.2) is 36.7 Å². The van der Waals surface area contributed by atoms with Gasteiger partial charge in [0, 0.05) is 24.8 Å². The molecular weight excluding hydrogens is 246 g/mol. The first-order valence-electron chi connectivity index (χ1n) is 6.17. The maximum Gasteiger partial charge on any atom is 0.0568 e. The molecule has 0 amide bonds. The molecule has 1 fully saturated rings. The topological polar surface area (TPSA) is 43.8 Å². The molecular formula is C14H18ClN3. The molecule has 3 nitrogen and oxygen atoms in total. The van der Waals surface area contributed by atoms with Crippen LogP contribution >= 0.6 is 12.4 Å². The first-order valence-corrected chi connectivity index (χ1v) is 6.17. The van der Waals surface area contributed by atoms with Crippen molar-refractivity contribution in [1.29, 1.82) is 0 Å². The Morgan fingerprint density at radius 3 is 2.83 bits per heavy atom. The van der Waals surface area contributed by atoms with E-state index >= 15 is 0 Å². The van der Waals surface area contributed by atoms with E-state index in [9.17, 15) is 0 Å². The Bertz CT molecular complexity index is 517. The first kappa shape index (κ1) is 13.1. The number of nitrogens with two attached hydrogens (primary N) is 1. The molecule has 1 aromatic heterocycles. The first-order chi connectivity index (χ1) is 8.35. The van der Waals surface area contributed by atoms with Crippen molar-refractivity contribution < 1.29 is 0 Å². The summed E-state index contributed by atoms with van der Waals surface area (Å²) in [7, 11) is 0. The molecule has 0 unspecified atom stereocenters. The fourth-order valence-electron chi connectivity index (χ4n) is 2.06. The second kappa shape index (κ2) is 5.55. The largest absolute Gasteiger partial charge is 0.326 e. The SMILES string of the molecule is Cl.NCc1cccc(-c2cnn(CC3CC3)c2)c1. The predicted molar refractivity (Wildman–Crippen MR) is 75.5 cm³/mol. The van der Waals surface area contributed by atoms with E-state index in [0.717, 1.165) is 18.0 Å². The lowest BCUT2D eigenvalue weighted by Crippen LogP contribution is -1.99. The minimum Gasteiger partial charge on any atom is -0.326 e. The van der Waals surface area contributed by atoms with E-state index in [-0.39, 0.29) is 12.4 Å². The van der Waals surface area contributed by atoms with Gasteiger partial charge in [-0.2, -0.15) is 5.10 Å². The Hall–Kier alpha value is -1.32. The van der Waals surface area contributed by atoms with Crippen LogP contribution in [0, 0.1) is 5.92 Å². The van der Waals surface area contributed by atoms with Crippen LogP contribution in [0.3, 0.4) is 0 Å². The lowest BCUT2D eigenvalue weighted by atomic mass is 10.1. The summed E-state index contributed by atoms with van der Waals surface area (Å²) in [5.74, 6) is 0.859. The van der Waals surface area contributed by atoms with Gasteiger partial charge in [0.25, 0.3) is 0 Å². The third-order valence-electron chi connectivity index (χ3n) is 3.27. The van der Waals surface area contributed by atoms with Gasteiger partial charge in [0.05, 0.1) is 6.20 Å². The summed E-state index contributed by atoms with van der Waals surface area (Å²) in [6.45, 7) is 1.65. The van der Waals surface area contributed by atoms with E-state index in [4.69, 9.17) is 5.73 Å². The minimum atomic E-state index is 0. The molecule has 1 aliphatic carbocycles. The number of rotatable bonds is 4. The highest BCUT2D eigenvalue weighted by molar-refractivity contribution is 5.85. The second-order valence-electron chi connectivity index (χ2n) is 4.80. The van der Waals surface area contributed by atoms with Gasteiger partial charge in [-0.1, -0.05) is 18.2 Å². The van der Waals surface area contributed by atoms with Crippen LogP contribution in [0.1, 0.15) is 18.4 Å². The quantitative estimate of drug-likeness (QED) is 0.922. The molecule has 0 radical (unpaired) electrons. The fourth-order valence-corrected chi connectivity index (χ4v) is 2.06. The number of hydrogen-bond donors (Lipinski definition) is 1. The molecule has 2 aromatic rings. The average molecular weight is 264 g/mol. The van der Waals surface area contributed by atoms with Crippen molar-refractivity contribution in [1.82, 2.24) is 9.78 Å². The van der Waals surface area contributed by atoms with Gasteiger partial charge in [0.15, 0.2) is 0 Å². The molecule has 18 heavy (non-hydrogen) atoms. The third-order valence-corrected chi connectivity index (χ3v) is 3.27. The van der Waals surface area contributed by atoms with E-state index in [1.54, 1.807) is 0 Å². The standard InChI is InChI=1S/C14H17N3.ClH/c15-7-12-2-1-3-13(6-12)14-8-16-17(10-14)9-11-4-5-11;/h1-3,6,8,10-11H,4-5,7,9,15H2;1H. The summed E-state index contributed by atoms with van der Waals surface area (Å²) in [5, 5.41) is 4.41. The minimum absolute atomic E-state index is 0. The van der Waals surface area contributed by atoms with Crippen molar-refractivity contribution >= 4 is 12.4 Å². The Labute approximate surface area is 113 Å². The lowest BCUT2D eigenvalue weighted by molar-refractivity contribution is 0.563. The molecule has 4 heteroatoms. The van der Waals surface area contributed by atoms with Crippen molar-refractivity contribution in [3.63, 3.8) is 0 Å². The van der Waals surface area contributed by atoms with Gasteiger partial charge in [-0.05, 0) is 36.0 Å². The maximum absolute atomic E-state index is 5.66. The average Bonchev–Trinajstić information content (AvgIpc) is 3.05. The third kappa shape index (κ3) is 2.92. The van der Waals surface area contributed by atoms with Gasteiger partial charge in [-0.15, -0.1) is 12.4 Å². The molecule has 1 heterocycles. The second-order valence-corrected chi connectivity index (χ2v) is 4.80. The van der Waals surface area contributed by atoms with E-state index in [2.05, 4.69) is 40.2 Å². The monoisotopic (exact) mass is 263 g/mol. The van der Waals surface area contributed by atoms with E-state index in [1.165, 1.54) is 24.0 Å². The summed E-state index contributed by atoms with van der Waals surface area (Å²) in [4.78, 5) is 0. The van der Waals surface area contributed by atoms with Crippen molar-refractivity contribution in [3.05, 3.63) is 42.2 Å². The highest BCUT2D eigenvalue weighted by Gasteiger charge is 2.21. The van der Waals surface area contributed by atoms with Gasteiger partial charge in [-0.25, -0.2) is 0 Å². The van der Waals surface area contributed by atoms with E-state index < -0.39 is 0 Å². The molecule has 0 spiro atoms. The Morgan fingerprint density at radius 2 is 2.11 bits per heavy atom. The Balaban J connectivity index is 0.00000120. The van der Waals surface area contributed by atoms with Crippen molar-refractivity contribution in [2.24, 2.45) is 11.7 Å². The zero-order valence-corrected chi connectivity index (χ0v) is 11.1. The van der Waals surface area contributed by atoms with Crippen LogP contribution in [0.5, 0.6) is 0 Å². The van der Waals surface area contributed by atoms with Crippen LogP contribution in [0.25, 0.3) is 11.1 Å². The number of aromatic nitrogens is 2. The number of hydrogen-bond acceptors (Lipinski definition) is 2. The molecule has 96 valence electrons. The molecule has 1 saturated carbocycles. The number of halogens is 1. The molecule has 0 atom stereocenters. The highest BCUT2D eigenvalue weighted by Crippen LogP contribution is 2.30. The molecule has 0 saturated heterocycles. The molecule has 2 N–H and O–H groups in total. The van der Waals surface area contributed by atoms with Gasteiger partial charge < -0.3 is 5.73 Å². The van der Waals surface area contributed by atoms with Gasteiger partial charge >= 0.3 is 0 Å². The zero-order chi connectivity index (χ0) is 11.7. The van der Waals surface area contributed by atoms with Crippen LogP contribution < -0.4 is 5.73 Å². The summed E-state index contributed by atoms with van der Waals surface area (Å²) < 4.78 is 2.06. The highest BCUT2D eigenvalue weighted by atomic mass is 35.5. The number of nitrogens with zero attached hydrogens (tertiary/aromatic N) is 2. The van der Waals surface area contributed by atoms with E-state index in [0.29, 0.717) is 6.54 Å². The molecule has 3 rings (SSSR count). The summed E-state index contributed by atoms with van der Waals surface area (Å²) in [6.07, 6.45) is 6.79. The predicted octanol–water partition coefficient (Wildman–Crippen LogP) is 2.84. The summed E-state index contributed by atoms with van der Waals surface area (Å²) in [5.41, 5.74) is 9.20. The van der Waals surface area contributed by atoms with E-state index in [1.807, 2.05) is 6.20 Å². The Morgan fingerprint density at radius 1 is 1.28 bits per heavy atom. The fraction of sp³-hybridized carbons (Fsp3) is 0.357. The number of benzene rings is 1. The summed E-state index contributed by atoms with van der Waals surface area (Å²) in [6, 6.07) is 8.35. The van der Waals surface area contributed by atoms with Crippen LogP contribution in [0.4, 0.5) is 0 Å². The smallest absolute Gasteiger partial charge is 0.0568 e. The van der Waals surface area contributed by atoms with Crippen LogP contribution in [-0.2, 0) is 13.1 Å². The van der Waals surface area contributed by atoms with Crippen molar-refractivity contribution in [3.8, 4) is 11.1 Å². The van der Waals surface area contributed by atoms with Gasteiger partial charge in [0.2, 0.25) is 0 Å². The van der Waals surface area contributed by atoms with Crippen LogP contribution in [-0.4, -0.2) is 9.78 Å². The zero-order valence-electron chi connectivity index (χ0n) is 10.2. The maximum atomic E-state index is 5.66.